The summed E-state index contributed by atoms with van der Waals surface area (Å²) in [5, 5.41) is 16.4. The summed E-state index contributed by atoms with van der Waals surface area (Å²) in [6.07, 6.45) is 7.28. The van der Waals surface area contributed by atoms with Gasteiger partial charge in [0, 0.05) is 26.3 Å². The summed E-state index contributed by atoms with van der Waals surface area (Å²) in [6.45, 7) is 1.96. The molecule has 1 unspecified atom stereocenters. The summed E-state index contributed by atoms with van der Waals surface area (Å²) >= 11 is 0. The van der Waals surface area contributed by atoms with E-state index in [1.807, 2.05) is 0 Å². The molecule has 1 aliphatic heterocycles. The van der Waals surface area contributed by atoms with E-state index in [1.54, 1.807) is 0 Å². The summed E-state index contributed by atoms with van der Waals surface area (Å²) in [5.74, 6) is -0.496. The molecule has 1 saturated heterocycles. The molecule has 2 amide bonds. The van der Waals surface area contributed by atoms with Gasteiger partial charge in [0.05, 0.1) is 0 Å². The van der Waals surface area contributed by atoms with E-state index < -0.39 is 17.6 Å². The predicted octanol–water partition coefficient (Wildman–Crippen LogP) is 1.76. The predicted molar refractivity (Wildman–Crippen MR) is 98.2 cm³/mol. The van der Waals surface area contributed by atoms with Crippen LogP contribution in [-0.4, -0.2) is 50.5 Å². The Hall–Kier alpha value is -2.45. The van der Waals surface area contributed by atoms with Crippen LogP contribution in [-0.2, 0) is 26.3 Å². The van der Waals surface area contributed by atoms with Crippen molar-refractivity contribution in [2.24, 2.45) is 0 Å². The van der Waals surface area contributed by atoms with Crippen LogP contribution in [0.5, 0.6) is 0 Å². The molecule has 2 fully saturated rings. The zero-order chi connectivity index (χ0) is 20.1. The van der Waals surface area contributed by atoms with E-state index in [4.69, 9.17) is 4.52 Å². The van der Waals surface area contributed by atoms with Crippen LogP contribution in [0.25, 0.3) is 0 Å². The number of likely N-dealkylation sites (tertiary alicyclic amines) is 1. The second-order valence-electron chi connectivity index (χ2n) is 7.77. The number of carbonyl (C=O) groups excluding carboxylic acids is 2. The molecule has 2 heterocycles. The molecule has 9 heteroatoms. The number of amides is 2. The third-order valence-electron chi connectivity index (χ3n) is 5.68. The molecular weight excluding hydrogens is 364 g/mol. The van der Waals surface area contributed by atoms with Crippen molar-refractivity contribution in [3.8, 4) is 0 Å². The first-order valence-electron chi connectivity index (χ1n) is 10.1. The number of nitrogens with zero attached hydrogens (tertiary/aromatic N) is 3. The Morgan fingerprint density at radius 1 is 1.21 bits per heavy atom. The topological polar surface area (TPSA) is 126 Å². The molecule has 3 rings (SSSR count). The smallest absolute Gasteiger partial charge is 0.326 e. The highest BCUT2D eigenvalue weighted by Gasteiger charge is 2.38. The Morgan fingerprint density at radius 3 is 2.57 bits per heavy atom. The first-order chi connectivity index (χ1) is 13.4. The van der Waals surface area contributed by atoms with E-state index >= 15 is 0 Å². The lowest BCUT2D eigenvalue weighted by Gasteiger charge is -2.30. The fraction of sp³-hybridized carbons (Fsp3) is 0.737. The molecule has 0 aromatic carbocycles. The first-order valence-corrected chi connectivity index (χ1v) is 10.1. The fourth-order valence-electron chi connectivity index (χ4n) is 4.30. The molecule has 0 bridgehead atoms. The number of aliphatic carboxylic acids is 1. The van der Waals surface area contributed by atoms with Crippen LogP contribution in [0, 0.1) is 0 Å². The van der Waals surface area contributed by atoms with Gasteiger partial charge in [-0.25, -0.2) is 4.79 Å². The van der Waals surface area contributed by atoms with Crippen molar-refractivity contribution in [3.05, 3.63) is 11.7 Å². The molecule has 2 N–H and O–H groups in total. The quantitative estimate of drug-likeness (QED) is 0.707. The molecule has 2 aliphatic rings. The minimum absolute atomic E-state index is 0.124. The number of rotatable bonds is 6. The highest BCUT2D eigenvalue weighted by molar-refractivity contribution is 5.84. The number of carboxylic acid groups (broad SMARTS) is 1. The van der Waals surface area contributed by atoms with E-state index in [-0.39, 0.29) is 24.7 Å². The molecule has 1 aromatic rings. The van der Waals surface area contributed by atoms with Crippen LogP contribution in [0.3, 0.4) is 0 Å². The maximum absolute atomic E-state index is 12.4. The molecular formula is C19H28N4O5. The number of carbonyl (C=O) groups is 3. The number of hydrogen-bond donors (Lipinski definition) is 2. The summed E-state index contributed by atoms with van der Waals surface area (Å²) in [7, 11) is 0. The number of carboxylic acids is 1. The van der Waals surface area contributed by atoms with Gasteiger partial charge in [-0.1, -0.05) is 30.8 Å². The SMILES string of the molecule is CC(=O)NC1(c2noc(CCC(=O)N3CCCC3C(=O)O)n2)CCCCCC1. The van der Waals surface area contributed by atoms with E-state index in [0.717, 1.165) is 38.5 Å². The molecule has 1 aromatic heterocycles. The Kier molecular flexibility index (Phi) is 6.31. The lowest BCUT2D eigenvalue weighted by molar-refractivity contribution is -0.148. The normalized spacial score (nSPS) is 21.9. The van der Waals surface area contributed by atoms with Crippen LogP contribution >= 0.6 is 0 Å². The highest BCUT2D eigenvalue weighted by atomic mass is 16.5. The van der Waals surface area contributed by atoms with Crippen molar-refractivity contribution in [3.63, 3.8) is 0 Å². The van der Waals surface area contributed by atoms with Gasteiger partial charge >= 0.3 is 5.97 Å². The van der Waals surface area contributed by atoms with Crippen molar-refractivity contribution in [1.29, 1.82) is 0 Å². The maximum Gasteiger partial charge on any atom is 0.326 e. The monoisotopic (exact) mass is 392 g/mol. The van der Waals surface area contributed by atoms with Gasteiger partial charge in [-0.3, -0.25) is 9.59 Å². The van der Waals surface area contributed by atoms with Crippen LogP contribution in [0.2, 0.25) is 0 Å². The van der Waals surface area contributed by atoms with Crippen molar-refractivity contribution < 1.29 is 24.0 Å². The second-order valence-corrected chi connectivity index (χ2v) is 7.77. The van der Waals surface area contributed by atoms with E-state index in [0.29, 0.717) is 31.1 Å². The molecule has 9 nitrogen and oxygen atoms in total. The zero-order valence-electron chi connectivity index (χ0n) is 16.3. The standard InChI is InChI=1S/C19H28N4O5/c1-13(24)21-19(10-4-2-3-5-11-19)18-20-15(28-22-18)8-9-16(25)23-12-6-7-14(23)17(26)27/h14H,2-12H2,1H3,(H,21,24)(H,26,27). The fourth-order valence-corrected chi connectivity index (χ4v) is 4.30. The number of hydrogen-bond acceptors (Lipinski definition) is 6. The molecule has 1 atom stereocenters. The molecule has 1 saturated carbocycles. The van der Waals surface area contributed by atoms with Crippen LogP contribution in [0.1, 0.15) is 76.4 Å². The lowest BCUT2D eigenvalue weighted by Crippen LogP contribution is -2.45. The van der Waals surface area contributed by atoms with Gasteiger partial charge < -0.3 is 19.8 Å². The Morgan fingerprint density at radius 2 is 1.93 bits per heavy atom. The van der Waals surface area contributed by atoms with Crippen molar-refractivity contribution in [2.75, 3.05) is 6.54 Å². The zero-order valence-corrected chi connectivity index (χ0v) is 16.3. The van der Waals surface area contributed by atoms with E-state index in [9.17, 15) is 19.5 Å². The Labute approximate surface area is 163 Å². The average Bonchev–Trinajstić information content (AvgIpc) is 3.26. The lowest BCUT2D eigenvalue weighted by atomic mass is 9.89. The van der Waals surface area contributed by atoms with Gasteiger partial charge in [-0.05, 0) is 25.7 Å². The third kappa shape index (κ3) is 4.51. The molecule has 154 valence electrons. The Balaban J connectivity index is 1.66. The molecule has 28 heavy (non-hydrogen) atoms. The average molecular weight is 392 g/mol. The molecule has 0 radical (unpaired) electrons. The first kappa shape index (κ1) is 20.3. The third-order valence-corrected chi connectivity index (χ3v) is 5.68. The highest BCUT2D eigenvalue weighted by Crippen LogP contribution is 2.34. The summed E-state index contributed by atoms with van der Waals surface area (Å²) < 4.78 is 5.35. The molecule has 1 aliphatic carbocycles. The van der Waals surface area contributed by atoms with Gasteiger partial charge in [0.25, 0.3) is 0 Å². The minimum atomic E-state index is -0.962. The van der Waals surface area contributed by atoms with Crippen LogP contribution in [0.4, 0.5) is 0 Å². The number of nitrogens with one attached hydrogen (secondary N) is 1. The number of aryl methyl sites for hydroxylation is 1. The van der Waals surface area contributed by atoms with E-state index in [1.165, 1.54) is 11.8 Å². The number of aromatic nitrogens is 2. The second kappa shape index (κ2) is 8.70. The van der Waals surface area contributed by atoms with Crippen LogP contribution < -0.4 is 5.32 Å². The largest absolute Gasteiger partial charge is 0.480 e. The van der Waals surface area contributed by atoms with Gasteiger partial charge in [0.1, 0.15) is 11.6 Å². The van der Waals surface area contributed by atoms with Gasteiger partial charge in [0.15, 0.2) is 5.82 Å². The molecule has 0 spiro atoms. The van der Waals surface area contributed by atoms with Crippen molar-refractivity contribution in [2.45, 2.75) is 82.7 Å². The van der Waals surface area contributed by atoms with Gasteiger partial charge in [-0.15, -0.1) is 0 Å². The summed E-state index contributed by atoms with van der Waals surface area (Å²) in [5.41, 5.74) is -0.614. The van der Waals surface area contributed by atoms with Gasteiger partial charge in [0.2, 0.25) is 17.7 Å². The summed E-state index contributed by atoms with van der Waals surface area (Å²) in [6, 6.07) is -0.736. The Bertz CT molecular complexity index is 724. The van der Waals surface area contributed by atoms with E-state index in [2.05, 4.69) is 15.5 Å². The van der Waals surface area contributed by atoms with Crippen molar-refractivity contribution in [1.82, 2.24) is 20.4 Å². The maximum atomic E-state index is 12.4. The van der Waals surface area contributed by atoms with Crippen molar-refractivity contribution >= 4 is 17.8 Å². The summed E-state index contributed by atoms with van der Waals surface area (Å²) in [4.78, 5) is 41.3. The van der Waals surface area contributed by atoms with Crippen LogP contribution in [0.15, 0.2) is 4.52 Å². The van der Waals surface area contributed by atoms with Gasteiger partial charge in [-0.2, -0.15) is 4.98 Å². The minimum Gasteiger partial charge on any atom is -0.480 e.